The van der Waals surface area contributed by atoms with Gasteiger partial charge in [-0.15, -0.1) is 0 Å². The Hall–Kier alpha value is -3.60. The van der Waals surface area contributed by atoms with E-state index in [1.54, 1.807) is 0 Å². The van der Waals surface area contributed by atoms with Gasteiger partial charge < -0.3 is 0 Å². The third-order valence-electron chi connectivity index (χ3n) is 7.81. The van der Waals surface area contributed by atoms with Crippen LogP contribution in [0.15, 0.2) is 84.9 Å². The van der Waals surface area contributed by atoms with Gasteiger partial charge in [-0.2, -0.15) is 0 Å². The second kappa shape index (κ2) is 7.98. The summed E-state index contributed by atoms with van der Waals surface area (Å²) in [4.78, 5) is 24.5. The molecule has 5 heteroatoms. The van der Waals surface area contributed by atoms with Crippen molar-refractivity contribution in [2.24, 2.45) is 0 Å². The van der Waals surface area contributed by atoms with Crippen LogP contribution in [-0.2, 0) is 44.7 Å². The van der Waals surface area contributed by atoms with Crippen LogP contribution in [0, 0.1) is 0 Å². The topological polar surface area (TPSA) is 52.6 Å². The van der Waals surface area contributed by atoms with Crippen LogP contribution in [0.1, 0.15) is 29.2 Å². The summed E-state index contributed by atoms with van der Waals surface area (Å²) in [6.45, 7) is 2.78. The number of rotatable bonds is 6. The number of hydrogen-bond acceptors (Lipinski definition) is 4. The molecule has 4 nitrogen and oxygen atoms in total. The van der Waals surface area contributed by atoms with E-state index in [1.807, 2.05) is 59.8 Å². The summed E-state index contributed by atoms with van der Waals surface area (Å²) in [6, 6.07) is 28.7. The Kier molecular flexibility index (Phi) is 4.99. The van der Waals surface area contributed by atoms with Crippen LogP contribution in [0.5, 0.6) is 0 Å². The molecule has 0 saturated heterocycles. The monoisotopic (exact) mass is 496 g/mol. The molecule has 2 aliphatic rings. The van der Waals surface area contributed by atoms with E-state index in [4.69, 9.17) is 6.64 Å². The van der Waals surface area contributed by atoms with Gasteiger partial charge in [-0.05, 0) is 0 Å². The minimum atomic E-state index is -5.31. The molecule has 172 valence electrons. The quantitative estimate of drug-likeness (QED) is 0.252. The summed E-state index contributed by atoms with van der Waals surface area (Å²) in [5.74, 6) is 0. The normalized spacial score (nSPS) is 13.2. The number of carbonyl (C=O) groups excluding carboxylic acids is 2. The van der Waals surface area contributed by atoms with Gasteiger partial charge in [0, 0.05) is 0 Å². The van der Waals surface area contributed by atoms with Crippen molar-refractivity contribution in [3.05, 3.63) is 107 Å². The molecular weight excluding hydrogens is 472 g/mol. The number of carbonyl (C=O) groups is 2. The van der Waals surface area contributed by atoms with E-state index in [0.29, 0.717) is 25.8 Å². The van der Waals surface area contributed by atoms with Crippen LogP contribution in [0.4, 0.5) is 0 Å². The van der Waals surface area contributed by atoms with Gasteiger partial charge in [0.05, 0.1) is 0 Å². The van der Waals surface area contributed by atoms with Gasteiger partial charge >= 0.3 is 206 Å². The van der Waals surface area contributed by atoms with E-state index in [-0.39, 0.29) is 0 Å². The third kappa shape index (κ3) is 2.87. The summed E-state index contributed by atoms with van der Waals surface area (Å²) in [7, 11) is 0. The van der Waals surface area contributed by atoms with E-state index in [1.165, 1.54) is 11.1 Å². The molecule has 6 rings (SSSR count). The van der Waals surface area contributed by atoms with Gasteiger partial charge in [-0.1, -0.05) is 0 Å². The van der Waals surface area contributed by atoms with E-state index >= 15 is 0 Å². The van der Waals surface area contributed by atoms with E-state index < -0.39 is 15.6 Å². The molecule has 4 aromatic carbocycles. The van der Waals surface area contributed by atoms with Gasteiger partial charge in [0.1, 0.15) is 0 Å². The van der Waals surface area contributed by atoms with Crippen LogP contribution in [0.2, 0.25) is 0 Å². The molecule has 0 saturated carbocycles. The fourth-order valence-electron chi connectivity index (χ4n) is 6.27. The fourth-order valence-corrected chi connectivity index (χ4v) is 13.4. The average Bonchev–Trinajstić information content (AvgIpc) is 3.47. The zero-order chi connectivity index (χ0) is 24.1. The molecular formula is C30H24O4Ti. The Balaban J connectivity index is 1.72. The number of fused-ring (bicyclic) bond motifs is 6. The molecule has 0 radical (unpaired) electrons. The second-order valence-electron chi connectivity index (χ2n) is 9.19. The maximum atomic E-state index is 12.3. The Morgan fingerprint density at radius 1 is 0.600 bits per heavy atom. The van der Waals surface area contributed by atoms with Gasteiger partial charge in [0.15, 0.2) is 0 Å². The molecule has 0 atom stereocenters. The number of hydrogen-bond donors (Lipinski definition) is 0. The molecule has 35 heavy (non-hydrogen) atoms. The third-order valence-corrected chi connectivity index (χ3v) is 15.9. The summed E-state index contributed by atoms with van der Waals surface area (Å²) < 4.78 is 16.0. The zero-order valence-electron chi connectivity index (χ0n) is 19.4. The molecule has 0 unspecified atom stereocenters. The van der Waals surface area contributed by atoms with Crippen molar-refractivity contribution in [1.82, 2.24) is 0 Å². The van der Waals surface area contributed by atoms with Crippen LogP contribution in [-0.4, -0.2) is 17.3 Å². The molecule has 0 heterocycles. The van der Waals surface area contributed by atoms with Gasteiger partial charge in [-0.3, -0.25) is 0 Å². The molecule has 0 aliphatic heterocycles. The minimum absolute atomic E-state index is 0.462. The molecule has 0 N–H and O–H groups in total. The maximum absolute atomic E-state index is 12.3. The van der Waals surface area contributed by atoms with E-state index in [2.05, 4.69) is 36.4 Å². The SMILES string of the molecule is C[CH]=[Ti]([O]C=O)([O]C=O)([c]1cccc2c1Cc1ccccc1-2)[c]1cccc2c1Cc1ccccc1-2. The second-order valence-corrected chi connectivity index (χ2v) is 16.1. The van der Waals surface area contributed by atoms with Crippen molar-refractivity contribution < 1.29 is 31.8 Å². The molecule has 0 spiro atoms. The molecule has 2 aliphatic carbocycles. The van der Waals surface area contributed by atoms with Crippen molar-refractivity contribution in [2.75, 3.05) is 0 Å². The van der Waals surface area contributed by atoms with E-state index in [0.717, 1.165) is 41.1 Å². The Bertz CT molecular complexity index is 1480. The first-order valence-electron chi connectivity index (χ1n) is 11.8. The first-order valence-corrected chi connectivity index (χ1v) is 15.5. The molecule has 0 fully saturated rings. The number of benzene rings is 4. The molecule has 0 aromatic heterocycles. The predicted molar refractivity (Wildman–Crippen MR) is 135 cm³/mol. The van der Waals surface area contributed by atoms with Crippen molar-refractivity contribution in [3.63, 3.8) is 0 Å². The Morgan fingerprint density at radius 3 is 1.46 bits per heavy atom. The van der Waals surface area contributed by atoms with Gasteiger partial charge in [0.2, 0.25) is 0 Å². The Morgan fingerprint density at radius 2 is 1.03 bits per heavy atom. The average molecular weight is 496 g/mol. The van der Waals surface area contributed by atoms with Crippen molar-refractivity contribution in [3.8, 4) is 22.3 Å². The first-order chi connectivity index (χ1) is 17.2. The zero-order valence-corrected chi connectivity index (χ0v) is 20.9. The molecule has 4 aromatic rings. The molecule has 0 bridgehead atoms. The molecule has 0 amide bonds. The van der Waals surface area contributed by atoms with Gasteiger partial charge in [-0.25, -0.2) is 0 Å². The van der Waals surface area contributed by atoms with E-state index in [9.17, 15) is 9.59 Å². The fraction of sp³-hybridized carbons (Fsp3) is 0.100. The Labute approximate surface area is 205 Å². The first kappa shape index (κ1) is 21.9. The predicted octanol–water partition coefficient (Wildman–Crippen LogP) is 4.47. The summed E-state index contributed by atoms with van der Waals surface area (Å²) in [6.07, 6.45) is 1.38. The summed E-state index contributed by atoms with van der Waals surface area (Å²) in [5.41, 5.74) is 9.04. The van der Waals surface area contributed by atoms with Gasteiger partial charge in [0.25, 0.3) is 0 Å². The van der Waals surface area contributed by atoms with Crippen LogP contribution in [0.3, 0.4) is 0 Å². The summed E-state index contributed by atoms with van der Waals surface area (Å²) >= 11 is -5.31. The van der Waals surface area contributed by atoms with Crippen molar-refractivity contribution in [1.29, 1.82) is 0 Å². The van der Waals surface area contributed by atoms with Crippen molar-refractivity contribution in [2.45, 2.75) is 19.8 Å². The van der Waals surface area contributed by atoms with Crippen LogP contribution in [0.25, 0.3) is 22.3 Å². The van der Waals surface area contributed by atoms with Crippen LogP contribution < -0.4 is 7.74 Å². The standard InChI is InChI=1S/2C13H9.C2H4.2CH2O2.Ti/c2*1-3-7-12-10(5-1)9-11-6-2-4-8-13(11)12;1-2;2*2-1-3;/h2*1-5,7-8H,9H2;1H,2H3;2*1H,(H,2,3);/q;;;;;+2/p-2. The summed E-state index contributed by atoms with van der Waals surface area (Å²) in [5, 5.41) is 0. The van der Waals surface area contributed by atoms with Crippen LogP contribution >= 0.6 is 0 Å². The van der Waals surface area contributed by atoms with Crippen molar-refractivity contribution >= 4 is 25.0 Å².